The van der Waals surface area contributed by atoms with Crippen molar-refractivity contribution in [2.75, 3.05) is 20.8 Å². The van der Waals surface area contributed by atoms with E-state index in [1.165, 1.54) is 0 Å². The topological polar surface area (TPSA) is 89.1 Å². The fourth-order valence-electron chi connectivity index (χ4n) is 1.97. The van der Waals surface area contributed by atoms with Gasteiger partial charge in [0.25, 0.3) is 0 Å². The molecule has 0 amide bonds. The third-order valence-corrected chi connectivity index (χ3v) is 3.79. The van der Waals surface area contributed by atoms with Crippen LogP contribution >= 0.6 is 0 Å². The first-order valence-electron chi connectivity index (χ1n) is 7.45. The normalized spacial score (nSPS) is 12.1. The van der Waals surface area contributed by atoms with Gasteiger partial charge in [-0.1, -0.05) is 19.9 Å². The van der Waals surface area contributed by atoms with Gasteiger partial charge in [0.15, 0.2) is 17.5 Å². The summed E-state index contributed by atoms with van der Waals surface area (Å²) < 4.78 is 10.4. The van der Waals surface area contributed by atoms with E-state index >= 15 is 0 Å². The summed E-state index contributed by atoms with van der Waals surface area (Å²) in [5, 5.41) is 13.2. The summed E-state index contributed by atoms with van der Waals surface area (Å²) in [5.41, 5.74) is 6.05. The molecule has 0 fully saturated rings. The Kier molecular flexibility index (Phi) is 6.98. The van der Waals surface area contributed by atoms with Gasteiger partial charge in [-0.05, 0) is 30.5 Å². The third-order valence-electron chi connectivity index (χ3n) is 3.79. The van der Waals surface area contributed by atoms with Gasteiger partial charge in [-0.3, -0.25) is 0 Å². The Morgan fingerprint density at radius 3 is 2.41 bits per heavy atom. The Bertz CT molecular complexity index is 499. The van der Waals surface area contributed by atoms with Crippen LogP contribution in [-0.2, 0) is 6.54 Å². The van der Waals surface area contributed by atoms with Crippen LogP contribution in [-0.4, -0.2) is 37.4 Å². The number of ether oxygens (including phenoxy) is 2. The summed E-state index contributed by atoms with van der Waals surface area (Å²) in [6, 6.07) is 5.61. The Balaban J connectivity index is 2.64. The number of nitrogens with two attached hydrogens (primary N) is 1. The van der Waals surface area contributed by atoms with E-state index < -0.39 is 5.60 Å². The molecule has 6 heteroatoms. The van der Waals surface area contributed by atoms with Crippen molar-refractivity contribution in [3.05, 3.63) is 23.8 Å². The lowest BCUT2D eigenvalue weighted by Gasteiger charge is -2.25. The standard InChI is InChI=1S/C16H27N3O3/c1-5-16(20,6-2)11-19-15(17)18-10-12-7-8-13(21-3)14(9-12)22-4/h7-9,20H,5-6,10-11H2,1-4H3,(H3,17,18,19). The van der Waals surface area contributed by atoms with Crippen LogP contribution in [0.25, 0.3) is 0 Å². The number of rotatable bonds is 8. The van der Waals surface area contributed by atoms with Crippen molar-refractivity contribution in [1.82, 2.24) is 5.32 Å². The predicted molar refractivity (Wildman–Crippen MR) is 88.4 cm³/mol. The molecule has 22 heavy (non-hydrogen) atoms. The number of hydrogen-bond acceptors (Lipinski definition) is 4. The molecule has 1 aromatic rings. The molecule has 1 rings (SSSR count). The van der Waals surface area contributed by atoms with Crippen molar-refractivity contribution in [3.63, 3.8) is 0 Å². The van der Waals surface area contributed by atoms with Gasteiger partial charge in [-0.25, -0.2) is 4.99 Å². The van der Waals surface area contributed by atoms with Gasteiger partial charge in [0.1, 0.15) is 0 Å². The number of hydrogen-bond donors (Lipinski definition) is 3. The first-order chi connectivity index (χ1) is 10.5. The maximum absolute atomic E-state index is 10.2. The maximum Gasteiger partial charge on any atom is 0.189 e. The van der Waals surface area contributed by atoms with Crippen LogP contribution in [0.2, 0.25) is 0 Å². The van der Waals surface area contributed by atoms with Crippen molar-refractivity contribution in [2.24, 2.45) is 10.7 Å². The van der Waals surface area contributed by atoms with Crippen LogP contribution in [0.4, 0.5) is 0 Å². The van der Waals surface area contributed by atoms with Gasteiger partial charge < -0.3 is 25.6 Å². The van der Waals surface area contributed by atoms with Gasteiger partial charge >= 0.3 is 0 Å². The number of nitrogens with zero attached hydrogens (tertiary/aromatic N) is 1. The van der Waals surface area contributed by atoms with Crippen molar-refractivity contribution >= 4 is 5.96 Å². The van der Waals surface area contributed by atoms with Crippen LogP contribution < -0.4 is 20.5 Å². The number of methoxy groups -OCH3 is 2. The second-order valence-corrected chi connectivity index (χ2v) is 5.18. The minimum Gasteiger partial charge on any atom is -0.493 e. The number of benzene rings is 1. The quantitative estimate of drug-likeness (QED) is 0.502. The lowest BCUT2D eigenvalue weighted by Crippen LogP contribution is -2.44. The second-order valence-electron chi connectivity index (χ2n) is 5.18. The fourth-order valence-corrected chi connectivity index (χ4v) is 1.97. The van der Waals surface area contributed by atoms with Crippen LogP contribution in [0, 0.1) is 0 Å². The van der Waals surface area contributed by atoms with Crippen LogP contribution in [0.3, 0.4) is 0 Å². The molecule has 0 bridgehead atoms. The Hall–Kier alpha value is -1.95. The monoisotopic (exact) mass is 309 g/mol. The molecule has 0 radical (unpaired) electrons. The maximum atomic E-state index is 10.2. The van der Waals surface area contributed by atoms with Crippen LogP contribution in [0.5, 0.6) is 11.5 Å². The molecule has 0 aliphatic heterocycles. The molecule has 0 saturated carbocycles. The highest BCUT2D eigenvalue weighted by Crippen LogP contribution is 2.27. The van der Waals surface area contributed by atoms with E-state index in [1.54, 1.807) is 14.2 Å². The second kappa shape index (κ2) is 8.48. The highest BCUT2D eigenvalue weighted by molar-refractivity contribution is 5.77. The lowest BCUT2D eigenvalue weighted by molar-refractivity contribution is 0.0369. The van der Waals surface area contributed by atoms with E-state index in [9.17, 15) is 5.11 Å². The SMILES string of the molecule is CCC(O)(CC)CNC(N)=NCc1ccc(OC)c(OC)c1. The van der Waals surface area contributed by atoms with Crippen molar-refractivity contribution in [3.8, 4) is 11.5 Å². The molecule has 6 nitrogen and oxygen atoms in total. The molecule has 0 aromatic heterocycles. The fraction of sp³-hybridized carbons (Fsp3) is 0.562. The van der Waals surface area contributed by atoms with Gasteiger partial charge in [-0.15, -0.1) is 0 Å². The number of nitrogens with one attached hydrogen (secondary N) is 1. The summed E-state index contributed by atoms with van der Waals surface area (Å²) in [5.74, 6) is 1.65. The molecule has 124 valence electrons. The lowest BCUT2D eigenvalue weighted by atomic mass is 9.98. The molecule has 0 heterocycles. The van der Waals surface area contributed by atoms with Gasteiger partial charge in [0.2, 0.25) is 0 Å². The van der Waals surface area contributed by atoms with Gasteiger partial charge in [0, 0.05) is 6.54 Å². The molecule has 4 N–H and O–H groups in total. The Labute approximate surface area is 132 Å². The number of guanidine groups is 1. The first kappa shape index (κ1) is 18.1. The zero-order valence-corrected chi connectivity index (χ0v) is 13.8. The Morgan fingerprint density at radius 1 is 1.23 bits per heavy atom. The average Bonchev–Trinajstić information content (AvgIpc) is 2.57. The Morgan fingerprint density at radius 2 is 1.86 bits per heavy atom. The molecule has 0 atom stereocenters. The molecule has 0 saturated heterocycles. The van der Waals surface area contributed by atoms with E-state index in [2.05, 4.69) is 10.3 Å². The molecule has 0 aliphatic rings. The minimum absolute atomic E-state index is 0.315. The largest absolute Gasteiger partial charge is 0.493 e. The molecular weight excluding hydrogens is 282 g/mol. The molecule has 0 aliphatic carbocycles. The van der Waals surface area contributed by atoms with Crippen molar-refractivity contribution in [2.45, 2.75) is 38.8 Å². The van der Waals surface area contributed by atoms with Crippen LogP contribution in [0.15, 0.2) is 23.2 Å². The smallest absolute Gasteiger partial charge is 0.189 e. The van der Waals surface area contributed by atoms with Crippen molar-refractivity contribution in [1.29, 1.82) is 0 Å². The van der Waals surface area contributed by atoms with E-state index in [0.29, 0.717) is 43.4 Å². The van der Waals surface area contributed by atoms with Gasteiger partial charge in [-0.2, -0.15) is 0 Å². The van der Waals surface area contributed by atoms with Crippen LogP contribution in [0.1, 0.15) is 32.3 Å². The highest BCUT2D eigenvalue weighted by Gasteiger charge is 2.21. The molecular formula is C16H27N3O3. The minimum atomic E-state index is -0.747. The summed E-state index contributed by atoms with van der Waals surface area (Å²) in [6.07, 6.45) is 1.33. The zero-order valence-electron chi connectivity index (χ0n) is 13.8. The number of aliphatic imine (C=N–C) groups is 1. The van der Waals surface area contributed by atoms with E-state index in [-0.39, 0.29) is 0 Å². The summed E-state index contributed by atoms with van der Waals surface area (Å²) in [6.45, 7) is 4.71. The van der Waals surface area contributed by atoms with E-state index in [0.717, 1.165) is 5.56 Å². The van der Waals surface area contributed by atoms with Crippen molar-refractivity contribution < 1.29 is 14.6 Å². The van der Waals surface area contributed by atoms with E-state index in [4.69, 9.17) is 15.2 Å². The predicted octanol–water partition coefficient (Wildman–Crippen LogP) is 1.66. The molecule has 0 spiro atoms. The summed E-state index contributed by atoms with van der Waals surface area (Å²) in [4.78, 5) is 4.27. The number of aliphatic hydroxyl groups is 1. The summed E-state index contributed by atoms with van der Waals surface area (Å²) >= 11 is 0. The average molecular weight is 309 g/mol. The summed E-state index contributed by atoms with van der Waals surface area (Å²) in [7, 11) is 3.19. The molecule has 0 unspecified atom stereocenters. The van der Waals surface area contributed by atoms with E-state index in [1.807, 2.05) is 32.0 Å². The molecule has 1 aromatic carbocycles. The van der Waals surface area contributed by atoms with Gasteiger partial charge in [0.05, 0.1) is 26.4 Å². The zero-order chi connectivity index (χ0) is 16.6. The highest BCUT2D eigenvalue weighted by atomic mass is 16.5. The first-order valence-corrected chi connectivity index (χ1v) is 7.45. The third kappa shape index (κ3) is 5.11.